The third-order valence-corrected chi connectivity index (χ3v) is 4.94. The van der Waals surface area contributed by atoms with E-state index in [1.807, 2.05) is 13.8 Å². The summed E-state index contributed by atoms with van der Waals surface area (Å²) in [6, 6.07) is 0.228. The van der Waals surface area contributed by atoms with E-state index in [0.717, 1.165) is 32.1 Å². The number of hydroxylamine groups is 3. The smallest absolute Gasteiger partial charge is 0.0887 e. The van der Waals surface area contributed by atoms with Gasteiger partial charge in [-0.15, -0.1) is 0 Å². The molecule has 0 spiro atoms. The summed E-state index contributed by atoms with van der Waals surface area (Å²) in [6.07, 6.45) is 12.6. The maximum absolute atomic E-state index is 12.9. The molecular formula is C18H39NO4. The highest BCUT2D eigenvalue weighted by atomic mass is 17.5. The molecule has 5 heteroatoms. The molecule has 0 aromatic heterocycles. The number of rotatable bonds is 17. The fourth-order valence-corrected chi connectivity index (χ4v) is 3.27. The van der Waals surface area contributed by atoms with Crippen molar-refractivity contribution in [3.8, 4) is 0 Å². The second kappa shape index (κ2) is 15.3. The van der Waals surface area contributed by atoms with Gasteiger partial charge in [0.05, 0.1) is 25.7 Å². The molecule has 0 amide bonds. The third-order valence-electron chi connectivity index (χ3n) is 4.94. The number of hydrogen-bond acceptors (Lipinski definition) is 4. The van der Waals surface area contributed by atoms with Gasteiger partial charge in [0.25, 0.3) is 0 Å². The van der Waals surface area contributed by atoms with E-state index in [-0.39, 0.29) is 10.7 Å². The standard InChI is InChI=1S/C18H39NO4/c1-4-7-8-9-10-12-15-18(19(20,5-2)6-3)16-13-11-14-17-22-23-21/h18,21H,4-17H2,1-3H3. The van der Waals surface area contributed by atoms with Gasteiger partial charge < -0.3 is 9.85 Å². The number of unbranched alkanes of at least 4 members (excludes halogenated alkanes) is 7. The molecule has 0 aliphatic carbocycles. The monoisotopic (exact) mass is 333 g/mol. The summed E-state index contributed by atoms with van der Waals surface area (Å²) >= 11 is 0. The van der Waals surface area contributed by atoms with Crippen molar-refractivity contribution in [2.75, 3.05) is 19.7 Å². The molecule has 0 bridgehead atoms. The van der Waals surface area contributed by atoms with Gasteiger partial charge in [-0.2, -0.15) is 0 Å². The van der Waals surface area contributed by atoms with E-state index in [1.54, 1.807) is 0 Å². The summed E-state index contributed by atoms with van der Waals surface area (Å²) < 4.78 is -0.0504. The maximum Gasteiger partial charge on any atom is 0.0887 e. The Kier molecular flexibility index (Phi) is 15.2. The van der Waals surface area contributed by atoms with Gasteiger partial charge in [0.2, 0.25) is 0 Å². The van der Waals surface area contributed by atoms with Crippen LogP contribution in [-0.2, 0) is 9.93 Å². The molecule has 0 heterocycles. The Morgan fingerprint density at radius 3 is 1.87 bits per heavy atom. The van der Waals surface area contributed by atoms with Crippen molar-refractivity contribution in [3.63, 3.8) is 0 Å². The van der Waals surface area contributed by atoms with Crippen LogP contribution in [0.3, 0.4) is 0 Å². The van der Waals surface area contributed by atoms with Gasteiger partial charge in [-0.3, -0.25) is 0 Å². The molecule has 0 saturated carbocycles. The fourth-order valence-electron chi connectivity index (χ4n) is 3.27. The van der Waals surface area contributed by atoms with Gasteiger partial charge >= 0.3 is 0 Å². The van der Waals surface area contributed by atoms with E-state index in [0.29, 0.717) is 19.7 Å². The van der Waals surface area contributed by atoms with E-state index >= 15 is 0 Å². The molecule has 0 radical (unpaired) electrons. The molecule has 5 nitrogen and oxygen atoms in total. The van der Waals surface area contributed by atoms with E-state index in [2.05, 4.69) is 16.8 Å². The van der Waals surface area contributed by atoms with Crippen LogP contribution in [-0.4, -0.2) is 35.6 Å². The lowest BCUT2D eigenvalue weighted by molar-refractivity contribution is -0.903. The van der Waals surface area contributed by atoms with Crippen LogP contribution in [0.25, 0.3) is 0 Å². The Balaban J connectivity index is 4.09. The highest BCUT2D eigenvalue weighted by molar-refractivity contribution is 4.63. The molecule has 1 atom stereocenters. The zero-order valence-electron chi connectivity index (χ0n) is 15.6. The second-order valence-electron chi connectivity index (χ2n) is 6.54. The molecule has 0 aromatic carbocycles. The topological polar surface area (TPSA) is 61.8 Å². The van der Waals surface area contributed by atoms with Crippen molar-refractivity contribution in [1.29, 1.82) is 0 Å². The lowest BCUT2D eigenvalue weighted by Crippen LogP contribution is -2.50. The Morgan fingerprint density at radius 1 is 0.826 bits per heavy atom. The zero-order chi connectivity index (χ0) is 17.4. The lowest BCUT2D eigenvalue weighted by Gasteiger charge is -2.48. The minimum atomic E-state index is -0.0504. The first-order valence-electron chi connectivity index (χ1n) is 9.65. The highest BCUT2D eigenvalue weighted by Crippen LogP contribution is 2.23. The number of nitrogens with zero attached hydrogens (tertiary/aromatic N) is 1. The molecular weight excluding hydrogens is 294 g/mol. The molecule has 1 unspecified atom stereocenters. The van der Waals surface area contributed by atoms with Crippen molar-refractivity contribution in [2.45, 2.75) is 97.4 Å². The molecule has 140 valence electrons. The molecule has 0 aliphatic rings. The third kappa shape index (κ3) is 11.1. The SMILES string of the molecule is CCCCCCCCC(CCCCCOOO)[N+]([O-])(CC)CC. The van der Waals surface area contributed by atoms with Crippen molar-refractivity contribution in [1.82, 2.24) is 0 Å². The van der Waals surface area contributed by atoms with Crippen LogP contribution >= 0.6 is 0 Å². The lowest BCUT2D eigenvalue weighted by atomic mass is 9.99. The fraction of sp³-hybridized carbons (Fsp3) is 1.00. The van der Waals surface area contributed by atoms with Gasteiger partial charge in [0.15, 0.2) is 0 Å². The summed E-state index contributed by atoms with van der Waals surface area (Å²) in [5.41, 5.74) is 0. The van der Waals surface area contributed by atoms with Crippen LogP contribution in [0.1, 0.15) is 91.4 Å². The minimum absolute atomic E-state index is 0.0504. The first kappa shape index (κ1) is 22.8. The largest absolute Gasteiger partial charge is 0.633 e. The second-order valence-corrected chi connectivity index (χ2v) is 6.54. The highest BCUT2D eigenvalue weighted by Gasteiger charge is 2.24. The molecule has 0 aromatic rings. The van der Waals surface area contributed by atoms with Gasteiger partial charge in [-0.1, -0.05) is 50.5 Å². The first-order chi connectivity index (χ1) is 11.1. The summed E-state index contributed by atoms with van der Waals surface area (Å²) in [5, 5.41) is 24.6. The summed E-state index contributed by atoms with van der Waals surface area (Å²) in [4.78, 5) is 4.45. The van der Waals surface area contributed by atoms with Crippen LogP contribution in [0.15, 0.2) is 0 Å². The first-order valence-corrected chi connectivity index (χ1v) is 9.65. The molecule has 0 rings (SSSR count). The predicted octanol–water partition coefficient (Wildman–Crippen LogP) is 5.44. The zero-order valence-corrected chi connectivity index (χ0v) is 15.6. The van der Waals surface area contributed by atoms with Crippen molar-refractivity contribution in [2.24, 2.45) is 0 Å². The molecule has 0 saturated heterocycles. The van der Waals surface area contributed by atoms with Gasteiger partial charge in [0, 0.05) is 0 Å². The Morgan fingerprint density at radius 2 is 1.35 bits per heavy atom. The Labute approximate surface area is 143 Å². The van der Waals surface area contributed by atoms with E-state index in [4.69, 9.17) is 5.26 Å². The minimum Gasteiger partial charge on any atom is -0.633 e. The summed E-state index contributed by atoms with van der Waals surface area (Å²) in [5.74, 6) is 0. The number of hydrogen-bond donors (Lipinski definition) is 1. The van der Waals surface area contributed by atoms with Crippen LogP contribution in [0.5, 0.6) is 0 Å². The molecule has 1 N–H and O–H groups in total. The van der Waals surface area contributed by atoms with Crippen LogP contribution < -0.4 is 0 Å². The van der Waals surface area contributed by atoms with Crippen LogP contribution in [0.4, 0.5) is 0 Å². The predicted molar refractivity (Wildman–Crippen MR) is 94.6 cm³/mol. The van der Waals surface area contributed by atoms with E-state index in [9.17, 15) is 5.21 Å². The average molecular weight is 334 g/mol. The average Bonchev–Trinajstić information content (AvgIpc) is 2.58. The quantitative estimate of drug-likeness (QED) is 0.167. The van der Waals surface area contributed by atoms with Crippen molar-refractivity contribution in [3.05, 3.63) is 5.21 Å². The van der Waals surface area contributed by atoms with E-state index < -0.39 is 0 Å². The molecule has 0 fully saturated rings. The van der Waals surface area contributed by atoms with Gasteiger partial charge in [0.1, 0.15) is 0 Å². The van der Waals surface area contributed by atoms with E-state index in [1.165, 1.54) is 38.5 Å². The Hall–Kier alpha value is -0.200. The Bertz CT molecular complexity index is 231. The molecule has 0 aliphatic heterocycles. The van der Waals surface area contributed by atoms with Crippen LogP contribution in [0, 0.1) is 5.21 Å². The summed E-state index contributed by atoms with van der Waals surface area (Å²) in [6.45, 7) is 7.99. The van der Waals surface area contributed by atoms with Crippen molar-refractivity contribution >= 4 is 0 Å². The van der Waals surface area contributed by atoms with Gasteiger partial charge in [-0.05, 0) is 46.0 Å². The van der Waals surface area contributed by atoms with Crippen molar-refractivity contribution < 1.29 is 19.8 Å². The number of quaternary nitrogens is 1. The maximum atomic E-state index is 12.9. The van der Waals surface area contributed by atoms with Gasteiger partial charge in [-0.25, -0.2) is 10.1 Å². The summed E-state index contributed by atoms with van der Waals surface area (Å²) in [7, 11) is 0. The normalized spacial score (nSPS) is 13.4. The molecule has 23 heavy (non-hydrogen) atoms. The van der Waals surface area contributed by atoms with Crippen LogP contribution in [0.2, 0.25) is 0 Å².